The molecular formula is C10H6FMoO-. The van der Waals surface area contributed by atoms with Crippen molar-refractivity contribution in [3.63, 3.8) is 0 Å². The van der Waals surface area contributed by atoms with E-state index in [0.717, 1.165) is 5.39 Å². The first kappa shape index (κ1) is 10.2. The smallest absolute Gasteiger partial charge is 0.0816 e. The van der Waals surface area contributed by atoms with Gasteiger partial charge in [0.05, 0.1) is 5.82 Å². The topological polar surface area (TPSA) is 20.2 Å². The van der Waals surface area contributed by atoms with Crippen molar-refractivity contribution in [1.29, 1.82) is 0 Å². The third-order valence-corrected chi connectivity index (χ3v) is 1.69. The Bertz CT molecular complexity index is 387. The van der Waals surface area contributed by atoms with Gasteiger partial charge < -0.3 is 5.11 Å². The number of phenols is 1. The fourth-order valence-corrected chi connectivity index (χ4v) is 1.13. The molecule has 0 aliphatic rings. The van der Waals surface area contributed by atoms with E-state index >= 15 is 0 Å². The molecule has 0 fully saturated rings. The van der Waals surface area contributed by atoms with Crippen LogP contribution in [0.5, 0.6) is 5.75 Å². The van der Waals surface area contributed by atoms with Crippen LogP contribution in [0.3, 0.4) is 0 Å². The van der Waals surface area contributed by atoms with E-state index in [0.29, 0.717) is 5.39 Å². The number of aromatic hydroxyl groups is 1. The third-order valence-electron chi connectivity index (χ3n) is 1.69. The van der Waals surface area contributed by atoms with Crippen molar-refractivity contribution in [2.45, 2.75) is 0 Å². The molecule has 2 rings (SSSR count). The average molecular weight is 257 g/mol. The molecule has 1 nitrogen and oxygen atoms in total. The van der Waals surface area contributed by atoms with Crippen molar-refractivity contribution in [3.05, 3.63) is 42.2 Å². The molecular weight excluding hydrogens is 251 g/mol. The Kier molecular flexibility index (Phi) is 3.05. The SMILES string of the molecule is Oc1c[c-]c2cc(F)ccc2c1.[Mo]. The van der Waals surface area contributed by atoms with E-state index in [2.05, 4.69) is 6.07 Å². The van der Waals surface area contributed by atoms with Gasteiger partial charge >= 0.3 is 0 Å². The average Bonchev–Trinajstić information content (AvgIpc) is 2.05. The predicted molar refractivity (Wildman–Crippen MR) is 44.4 cm³/mol. The molecule has 0 aliphatic carbocycles. The fraction of sp³-hybridized carbons (Fsp3) is 0. The first-order valence-corrected chi connectivity index (χ1v) is 3.56. The number of hydrogen-bond acceptors (Lipinski definition) is 1. The van der Waals surface area contributed by atoms with Gasteiger partial charge in [-0.05, 0) is 6.07 Å². The molecule has 0 radical (unpaired) electrons. The Labute approximate surface area is 89.5 Å². The van der Waals surface area contributed by atoms with Crippen molar-refractivity contribution in [2.75, 3.05) is 0 Å². The van der Waals surface area contributed by atoms with Crippen LogP contribution in [0.25, 0.3) is 10.8 Å². The minimum atomic E-state index is -0.288. The molecule has 0 spiro atoms. The number of hydrogen-bond donors (Lipinski definition) is 1. The Morgan fingerprint density at radius 2 is 2.00 bits per heavy atom. The summed E-state index contributed by atoms with van der Waals surface area (Å²) >= 11 is 0. The Morgan fingerprint density at radius 3 is 2.77 bits per heavy atom. The van der Waals surface area contributed by atoms with Gasteiger partial charge in [-0.2, -0.15) is 0 Å². The molecule has 0 aliphatic heterocycles. The van der Waals surface area contributed by atoms with Gasteiger partial charge in [0.25, 0.3) is 0 Å². The second-order valence-corrected chi connectivity index (χ2v) is 2.59. The summed E-state index contributed by atoms with van der Waals surface area (Å²) in [4.78, 5) is 0. The van der Waals surface area contributed by atoms with Crippen LogP contribution in [0.15, 0.2) is 30.3 Å². The molecule has 0 aromatic heterocycles. The maximum absolute atomic E-state index is 12.7. The first-order chi connectivity index (χ1) is 5.75. The quantitative estimate of drug-likeness (QED) is 0.567. The fourth-order valence-electron chi connectivity index (χ4n) is 1.13. The summed E-state index contributed by atoms with van der Waals surface area (Å²) in [5.41, 5.74) is 0. The molecule has 2 aromatic carbocycles. The maximum Gasteiger partial charge on any atom is 0.0816 e. The minimum absolute atomic E-state index is 0. The molecule has 0 atom stereocenters. The Hall–Kier alpha value is -0.882. The number of halogens is 1. The molecule has 3 heteroatoms. The van der Waals surface area contributed by atoms with E-state index < -0.39 is 0 Å². The monoisotopic (exact) mass is 259 g/mol. The zero-order valence-corrected chi connectivity index (χ0v) is 8.63. The second kappa shape index (κ2) is 3.88. The van der Waals surface area contributed by atoms with Gasteiger partial charge in [0.1, 0.15) is 0 Å². The maximum atomic E-state index is 12.7. The molecule has 0 amide bonds. The van der Waals surface area contributed by atoms with E-state index in [-0.39, 0.29) is 32.6 Å². The molecule has 13 heavy (non-hydrogen) atoms. The summed E-state index contributed by atoms with van der Waals surface area (Å²) in [5.74, 6) is -0.140. The zero-order chi connectivity index (χ0) is 8.55. The van der Waals surface area contributed by atoms with Gasteiger partial charge in [-0.25, -0.2) is 4.39 Å². The van der Waals surface area contributed by atoms with Crippen molar-refractivity contribution < 1.29 is 30.6 Å². The van der Waals surface area contributed by atoms with Crippen molar-refractivity contribution in [2.24, 2.45) is 0 Å². The number of phenolic OH excluding ortho intramolecular Hbond substituents is 1. The summed E-state index contributed by atoms with van der Waals surface area (Å²) in [6, 6.07) is 10.1. The largest absolute Gasteiger partial charge is 0.551 e. The van der Waals surface area contributed by atoms with Crippen LogP contribution in [0.1, 0.15) is 0 Å². The van der Waals surface area contributed by atoms with E-state index in [1.54, 1.807) is 12.1 Å². The van der Waals surface area contributed by atoms with Crippen LogP contribution >= 0.6 is 0 Å². The van der Waals surface area contributed by atoms with Crippen LogP contribution in [0.2, 0.25) is 0 Å². The molecule has 2 aromatic rings. The molecule has 0 unspecified atom stereocenters. The summed E-state index contributed by atoms with van der Waals surface area (Å²) in [6.45, 7) is 0. The van der Waals surface area contributed by atoms with Gasteiger partial charge in [-0.15, -0.1) is 22.9 Å². The Balaban J connectivity index is 0.000000845. The molecule has 0 bridgehead atoms. The van der Waals surface area contributed by atoms with Crippen LogP contribution in [-0.2, 0) is 21.1 Å². The zero-order valence-electron chi connectivity index (χ0n) is 6.62. The van der Waals surface area contributed by atoms with Crippen LogP contribution in [-0.4, -0.2) is 5.11 Å². The molecule has 0 saturated carbocycles. The summed E-state index contributed by atoms with van der Waals surface area (Å²) in [6.07, 6.45) is 0. The Morgan fingerprint density at radius 1 is 1.23 bits per heavy atom. The number of benzene rings is 2. The number of rotatable bonds is 0. The van der Waals surface area contributed by atoms with E-state index in [4.69, 9.17) is 5.11 Å². The third kappa shape index (κ3) is 2.07. The van der Waals surface area contributed by atoms with Gasteiger partial charge in [0, 0.05) is 26.8 Å². The number of fused-ring (bicyclic) bond motifs is 1. The summed E-state index contributed by atoms with van der Waals surface area (Å²) in [5, 5.41) is 10.5. The van der Waals surface area contributed by atoms with Crippen molar-refractivity contribution in [1.82, 2.24) is 0 Å². The van der Waals surface area contributed by atoms with Crippen molar-refractivity contribution in [3.8, 4) is 5.75 Å². The van der Waals surface area contributed by atoms with Crippen LogP contribution < -0.4 is 0 Å². The molecule has 0 heterocycles. The van der Waals surface area contributed by atoms with Crippen LogP contribution in [0, 0.1) is 11.9 Å². The minimum Gasteiger partial charge on any atom is -0.551 e. The molecule has 1 N–H and O–H groups in total. The predicted octanol–water partition coefficient (Wildman–Crippen LogP) is 2.48. The normalized spacial score (nSPS) is 9.62. The summed E-state index contributed by atoms with van der Waals surface area (Å²) in [7, 11) is 0. The van der Waals surface area contributed by atoms with E-state index in [9.17, 15) is 4.39 Å². The molecule has 0 saturated heterocycles. The summed E-state index contributed by atoms with van der Waals surface area (Å²) < 4.78 is 12.7. The van der Waals surface area contributed by atoms with Gasteiger partial charge in [0.2, 0.25) is 0 Å². The van der Waals surface area contributed by atoms with E-state index in [1.807, 2.05) is 0 Å². The van der Waals surface area contributed by atoms with Gasteiger partial charge in [-0.3, -0.25) is 0 Å². The first-order valence-electron chi connectivity index (χ1n) is 3.56. The van der Waals surface area contributed by atoms with Crippen LogP contribution in [0.4, 0.5) is 4.39 Å². The van der Waals surface area contributed by atoms with E-state index in [1.165, 1.54) is 18.2 Å². The van der Waals surface area contributed by atoms with Gasteiger partial charge in [0.15, 0.2) is 0 Å². The molecule has 66 valence electrons. The standard InChI is InChI=1S/C10H6FO.Mo/c11-9-3-1-8-6-10(12)4-2-7(8)5-9;/h1,3-6,12H;/q-1;. The van der Waals surface area contributed by atoms with Crippen molar-refractivity contribution >= 4 is 10.8 Å². The second-order valence-electron chi connectivity index (χ2n) is 2.59. The van der Waals surface area contributed by atoms with Gasteiger partial charge in [-0.1, -0.05) is 18.2 Å².